The fourth-order valence-electron chi connectivity index (χ4n) is 1.20. The molecule has 0 unspecified atom stereocenters. The molecule has 0 saturated carbocycles. The molecular formula is C11H16FNO2. The monoisotopic (exact) mass is 213 g/mol. The van der Waals surface area contributed by atoms with Gasteiger partial charge in [-0.1, -0.05) is 6.07 Å². The highest BCUT2D eigenvalue weighted by Gasteiger charge is 2.04. The first-order chi connectivity index (χ1) is 7.31. The van der Waals surface area contributed by atoms with Crippen LogP contribution in [0.1, 0.15) is 12.0 Å². The highest BCUT2D eigenvalue weighted by Crippen LogP contribution is 2.24. The van der Waals surface area contributed by atoms with Crippen molar-refractivity contribution in [1.29, 1.82) is 0 Å². The summed E-state index contributed by atoms with van der Waals surface area (Å²) in [5, 5.41) is 0. The molecule has 0 heterocycles. The number of halogens is 1. The first kappa shape index (κ1) is 11.8. The second-order valence-electron chi connectivity index (χ2n) is 3.07. The molecule has 3 nitrogen and oxygen atoms in total. The Morgan fingerprint density at radius 1 is 1.40 bits per heavy atom. The van der Waals surface area contributed by atoms with Crippen molar-refractivity contribution in [1.82, 2.24) is 0 Å². The van der Waals surface area contributed by atoms with Crippen molar-refractivity contribution in [2.45, 2.75) is 13.0 Å². The van der Waals surface area contributed by atoms with Gasteiger partial charge in [-0.3, -0.25) is 4.39 Å². The van der Waals surface area contributed by atoms with Gasteiger partial charge in [0.05, 0.1) is 20.4 Å². The van der Waals surface area contributed by atoms with Gasteiger partial charge in [-0.2, -0.15) is 0 Å². The van der Waals surface area contributed by atoms with Gasteiger partial charge in [0.25, 0.3) is 0 Å². The molecule has 15 heavy (non-hydrogen) atoms. The van der Waals surface area contributed by atoms with Gasteiger partial charge in [0.1, 0.15) is 11.5 Å². The summed E-state index contributed by atoms with van der Waals surface area (Å²) in [4.78, 5) is 0. The molecule has 0 bridgehead atoms. The molecule has 1 aromatic carbocycles. The molecule has 0 aliphatic carbocycles. The molecule has 0 atom stereocenters. The number of alkyl halides is 1. The topological polar surface area (TPSA) is 44.5 Å². The van der Waals surface area contributed by atoms with Crippen molar-refractivity contribution in [2.24, 2.45) is 5.73 Å². The van der Waals surface area contributed by atoms with Gasteiger partial charge in [0.15, 0.2) is 0 Å². The summed E-state index contributed by atoms with van der Waals surface area (Å²) < 4.78 is 22.4. The lowest BCUT2D eigenvalue weighted by Crippen LogP contribution is -2.04. The third-order valence-electron chi connectivity index (χ3n) is 2.03. The van der Waals surface area contributed by atoms with E-state index in [2.05, 4.69) is 0 Å². The Labute approximate surface area is 89.0 Å². The van der Waals surface area contributed by atoms with Crippen LogP contribution in [0.25, 0.3) is 0 Å². The summed E-state index contributed by atoms with van der Waals surface area (Å²) in [6.07, 6.45) is 0.390. The number of rotatable bonds is 6. The third kappa shape index (κ3) is 3.40. The van der Waals surface area contributed by atoms with Crippen molar-refractivity contribution in [2.75, 3.05) is 20.4 Å². The fraction of sp³-hybridized carbons (Fsp3) is 0.455. The largest absolute Gasteiger partial charge is 0.497 e. The van der Waals surface area contributed by atoms with Gasteiger partial charge < -0.3 is 15.2 Å². The van der Waals surface area contributed by atoms with Gasteiger partial charge in [-0.25, -0.2) is 0 Å². The molecule has 4 heteroatoms. The number of benzene rings is 1. The van der Waals surface area contributed by atoms with Crippen molar-refractivity contribution in [3.63, 3.8) is 0 Å². The van der Waals surface area contributed by atoms with E-state index in [-0.39, 0.29) is 6.67 Å². The van der Waals surface area contributed by atoms with Crippen molar-refractivity contribution >= 4 is 0 Å². The predicted octanol–water partition coefficient (Wildman–Crippen LogP) is 1.89. The Kier molecular flexibility index (Phi) is 4.90. The third-order valence-corrected chi connectivity index (χ3v) is 2.03. The molecule has 0 spiro atoms. The highest BCUT2D eigenvalue weighted by atomic mass is 19.1. The molecule has 0 aliphatic heterocycles. The fourth-order valence-corrected chi connectivity index (χ4v) is 1.20. The Balaban J connectivity index is 2.72. The van der Waals surface area contributed by atoms with E-state index in [1.165, 1.54) is 0 Å². The van der Waals surface area contributed by atoms with Crippen molar-refractivity contribution < 1.29 is 13.9 Å². The predicted molar refractivity (Wildman–Crippen MR) is 57.0 cm³/mol. The smallest absolute Gasteiger partial charge is 0.127 e. The van der Waals surface area contributed by atoms with E-state index >= 15 is 0 Å². The lowest BCUT2D eigenvalue weighted by atomic mass is 10.2. The lowest BCUT2D eigenvalue weighted by molar-refractivity contribution is 0.285. The average Bonchev–Trinajstić information content (AvgIpc) is 2.29. The number of hydrogen-bond donors (Lipinski definition) is 1. The minimum Gasteiger partial charge on any atom is -0.497 e. The Morgan fingerprint density at radius 2 is 2.20 bits per heavy atom. The van der Waals surface area contributed by atoms with Crippen LogP contribution in [0, 0.1) is 0 Å². The lowest BCUT2D eigenvalue weighted by Gasteiger charge is -2.11. The molecule has 0 radical (unpaired) electrons. The second-order valence-corrected chi connectivity index (χ2v) is 3.07. The van der Waals surface area contributed by atoms with Gasteiger partial charge in [0, 0.05) is 24.6 Å². The van der Waals surface area contributed by atoms with E-state index in [1.54, 1.807) is 13.2 Å². The van der Waals surface area contributed by atoms with Gasteiger partial charge in [-0.15, -0.1) is 0 Å². The van der Waals surface area contributed by atoms with Crippen molar-refractivity contribution in [3.8, 4) is 11.5 Å². The number of nitrogens with two attached hydrogens (primary N) is 1. The molecular weight excluding hydrogens is 197 g/mol. The van der Waals surface area contributed by atoms with E-state index in [4.69, 9.17) is 15.2 Å². The molecule has 0 aliphatic rings. The molecule has 0 fully saturated rings. The van der Waals surface area contributed by atoms with Crippen LogP contribution in [0.15, 0.2) is 18.2 Å². The zero-order valence-electron chi connectivity index (χ0n) is 8.83. The molecule has 0 amide bonds. The second kappa shape index (κ2) is 6.24. The summed E-state index contributed by atoms with van der Waals surface area (Å²) >= 11 is 0. The SMILES string of the molecule is COc1ccc(CN)c(OCCCF)c1. The minimum absolute atomic E-state index is 0.358. The van der Waals surface area contributed by atoms with E-state index in [9.17, 15) is 4.39 Å². The van der Waals surface area contributed by atoms with Crippen LogP contribution in [0.4, 0.5) is 4.39 Å². The van der Waals surface area contributed by atoms with E-state index in [0.717, 1.165) is 5.56 Å². The van der Waals surface area contributed by atoms with E-state index in [0.29, 0.717) is 31.1 Å². The standard InChI is InChI=1S/C11H16FNO2/c1-14-10-4-3-9(8-13)11(7-10)15-6-2-5-12/h3-4,7H,2,5-6,8,13H2,1H3. The maximum absolute atomic E-state index is 11.9. The normalized spacial score (nSPS) is 10.1. The quantitative estimate of drug-likeness (QED) is 0.734. The molecule has 2 N–H and O–H groups in total. The summed E-state index contributed by atoms with van der Waals surface area (Å²) in [5.41, 5.74) is 6.45. The van der Waals surface area contributed by atoms with Crippen LogP contribution >= 0.6 is 0 Å². The molecule has 1 rings (SSSR count). The van der Waals surface area contributed by atoms with E-state index < -0.39 is 0 Å². The summed E-state index contributed by atoms with van der Waals surface area (Å²) in [6.45, 7) is 0.382. The first-order valence-electron chi connectivity index (χ1n) is 4.87. The van der Waals surface area contributed by atoms with Crippen LogP contribution in [0.2, 0.25) is 0 Å². The zero-order chi connectivity index (χ0) is 11.1. The zero-order valence-corrected chi connectivity index (χ0v) is 8.83. The highest BCUT2D eigenvalue weighted by molar-refractivity contribution is 5.40. The average molecular weight is 213 g/mol. The summed E-state index contributed by atoms with van der Waals surface area (Å²) in [7, 11) is 1.59. The van der Waals surface area contributed by atoms with Crippen LogP contribution in [-0.4, -0.2) is 20.4 Å². The molecule has 84 valence electrons. The van der Waals surface area contributed by atoms with Gasteiger partial charge in [-0.05, 0) is 6.07 Å². The number of methoxy groups -OCH3 is 1. The maximum atomic E-state index is 11.9. The van der Waals surface area contributed by atoms with Crippen LogP contribution in [0.5, 0.6) is 11.5 Å². The Hall–Kier alpha value is -1.29. The van der Waals surface area contributed by atoms with Crippen LogP contribution in [-0.2, 0) is 6.54 Å². The summed E-state index contributed by atoms with van der Waals surface area (Å²) in [6, 6.07) is 5.44. The molecule has 0 saturated heterocycles. The van der Waals surface area contributed by atoms with Crippen molar-refractivity contribution in [3.05, 3.63) is 23.8 Å². The number of ether oxygens (including phenoxy) is 2. The molecule has 0 aromatic heterocycles. The maximum Gasteiger partial charge on any atom is 0.127 e. The van der Waals surface area contributed by atoms with Gasteiger partial charge in [0.2, 0.25) is 0 Å². The Bertz CT molecular complexity index is 305. The van der Waals surface area contributed by atoms with Gasteiger partial charge >= 0.3 is 0 Å². The summed E-state index contributed by atoms with van der Waals surface area (Å²) in [5.74, 6) is 1.38. The first-order valence-corrected chi connectivity index (χ1v) is 4.87. The molecule has 1 aromatic rings. The number of hydrogen-bond acceptors (Lipinski definition) is 3. The van der Waals surface area contributed by atoms with Crippen LogP contribution in [0.3, 0.4) is 0 Å². The Morgan fingerprint density at radius 3 is 2.80 bits per heavy atom. The van der Waals surface area contributed by atoms with E-state index in [1.807, 2.05) is 12.1 Å². The minimum atomic E-state index is -0.373. The van der Waals surface area contributed by atoms with Crippen LogP contribution < -0.4 is 15.2 Å².